The Morgan fingerprint density at radius 2 is 1.81 bits per heavy atom. The Bertz CT molecular complexity index is 978. The topological polar surface area (TPSA) is 46.9 Å². The Morgan fingerprint density at radius 1 is 1.04 bits per heavy atom. The molecule has 0 radical (unpaired) electrons. The molecule has 1 N–H and O–H groups in total. The van der Waals surface area contributed by atoms with Gasteiger partial charge in [0.2, 0.25) is 0 Å². The van der Waals surface area contributed by atoms with Gasteiger partial charge in [0, 0.05) is 16.6 Å². The summed E-state index contributed by atoms with van der Waals surface area (Å²) in [4.78, 5) is 14.5. The molecule has 3 aromatic rings. The van der Waals surface area contributed by atoms with Gasteiger partial charge >= 0.3 is 0 Å². The molecule has 2 aromatic carbocycles. The van der Waals surface area contributed by atoms with E-state index in [4.69, 9.17) is 5.10 Å². The van der Waals surface area contributed by atoms with Crippen LogP contribution >= 0.6 is 11.8 Å². The molecule has 1 unspecified atom stereocenters. The van der Waals surface area contributed by atoms with Gasteiger partial charge in [0.05, 0.1) is 17.4 Å². The van der Waals surface area contributed by atoms with Gasteiger partial charge in [0.1, 0.15) is 5.69 Å². The summed E-state index contributed by atoms with van der Waals surface area (Å²) >= 11 is 1.86. The molecule has 27 heavy (non-hydrogen) atoms. The molecule has 136 valence electrons. The maximum atomic E-state index is 13.2. The molecular weight excluding hydrogens is 354 g/mol. The third-order valence-corrected chi connectivity index (χ3v) is 6.34. The lowest BCUT2D eigenvalue weighted by Gasteiger charge is -2.25. The summed E-state index contributed by atoms with van der Waals surface area (Å²) in [6.07, 6.45) is 3.28. The molecule has 1 atom stereocenters. The largest absolute Gasteiger partial charge is 0.344 e. The van der Waals surface area contributed by atoms with Crippen LogP contribution in [0.5, 0.6) is 0 Å². The van der Waals surface area contributed by atoms with Gasteiger partial charge in [0.25, 0.3) is 5.91 Å². The second-order valence-electron chi connectivity index (χ2n) is 7.18. The molecule has 1 fully saturated rings. The van der Waals surface area contributed by atoms with Crippen molar-refractivity contribution in [1.82, 2.24) is 15.1 Å². The Hall–Kier alpha value is -2.53. The normalized spacial score (nSPS) is 18.7. The minimum atomic E-state index is -0.0510. The van der Waals surface area contributed by atoms with Crippen LogP contribution in [0.15, 0.2) is 65.6 Å². The molecule has 1 saturated carbocycles. The summed E-state index contributed by atoms with van der Waals surface area (Å²) in [5, 5.41) is 8.01. The van der Waals surface area contributed by atoms with E-state index < -0.39 is 0 Å². The van der Waals surface area contributed by atoms with Crippen LogP contribution in [0.1, 0.15) is 53.0 Å². The smallest absolute Gasteiger partial charge is 0.270 e. The Labute approximate surface area is 163 Å². The first-order valence-electron chi connectivity index (χ1n) is 9.47. The number of aromatic nitrogens is 2. The van der Waals surface area contributed by atoms with Crippen LogP contribution < -0.4 is 5.32 Å². The number of hydrogen-bond acceptors (Lipinski definition) is 3. The van der Waals surface area contributed by atoms with E-state index in [0.29, 0.717) is 11.6 Å². The Morgan fingerprint density at radius 3 is 2.63 bits per heavy atom. The zero-order chi connectivity index (χ0) is 18.2. The summed E-state index contributed by atoms with van der Waals surface area (Å²) in [6, 6.07) is 20.3. The number of carbonyl (C=O) groups excluding carboxylic acids is 1. The van der Waals surface area contributed by atoms with E-state index >= 15 is 0 Å². The van der Waals surface area contributed by atoms with E-state index in [9.17, 15) is 4.79 Å². The van der Waals surface area contributed by atoms with Crippen molar-refractivity contribution in [3.05, 3.63) is 77.6 Å². The number of hydrogen-bond donors (Lipinski definition) is 1. The van der Waals surface area contributed by atoms with Gasteiger partial charge < -0.3 is 5.32 Å². The van der Waals surface area contributed by atoms with Crippen LogP contribution in [-0.2, 0) is 0 Å². The predicted octanol–water partition coefficient (Wildman–Crippen LogP) is 4.72. The van der Waals surface area contributed by atoms with E-state index in [2.05, 4.69) is 23.5 Å². The Balaban J connectivity index is 1.47. The molecular formula is C22H21N3OS. The van der Waals surface area contributed by atoms with Crippen LogP contribution in [0.25, 0.3) is 5.69 Å². The molecule has 0 saturated heterocycles. The molecule has 5 heteroatoms. The quantitative estimate of drug-likeness (QED) is 0.718. The number of rotatable bonds is 4. The summed E-state index contributed by atoms with van der Waals surface area (Å²) in [7, 11) is 0. The van der Waals surface area contributed by atoms with Gasteiger partial charge in [-0.15, -0.1) is 11.8 Å². The van der Waals surface area contributed by atoms with Gasteiger partial charge in [-0.05, 0) is 49.1 Å². The van der Waals surface area contributed by atoms with E-state index in [1.54, 1.807) is 4.68 Å². The fourth-order valence-corrected chi connectivity index (χ4v) is 4.76. The van der Waals surface area contributed by atoms with Crippen molar-refractivity contribution in [2.75, 3.05) is 5.75 Å². The molecule has 0 spiro atoms. The van der Waals surface area contributed by atoms with Crippen LogP contribution in [0.2, 0.25) is 0 Å². The molecule has 2 aliphatic rings. The first kappa shape index (κ1) is 16.6. The molecule has 0 bridgehead atoms. The Kier molecular flexibility index (Phi) is 4.24. The summed E-state index contributed by atoms with van der Waals surface area (Å²) in [5.41, 5.74) is 3.80. The number of nitrogens with zero attached hydrogens (tertiary/aromatic N) is 2. The number of thioether (sulfide) groups is 1. The van der Waals surface area contributed by atoms with Crippen LogP contribution in [0.4, 0.5) is 0 Å². The second-order valence-corrected chi connectivity index (χ2v) is 8.31. The zero-order valence-corrected chi connectivity index (χ0v) is 15.8. The highest BCUT2D eigenvalue weighted by molar-refractivity contribution is 7.99. The van der Waals surface area contributed by atoms with E-state index in [0.717, 1.165) is 23.6 Å². The highest BCUT2D eigenvalue weighted by Gasteiger charge is 2.30. The monoisotopic (exact) mass is 375 g/mol. The van der Waals surface area contributed by atoms with Crippen molar-refractivity contribution in [3.63, 3.8) is 0 Å². The van der Waals surface area contributed by atoms with Gasteiger partial charge in [-0.25, -0.2) is 4.68 Å². The summed E-state index contributed by atoms with van der Waals surface area (Å²) in [5.74, 6) is 1.48. The van der Waals surface area contributed by atoms with Gasteiger partial charge in [-0.1, -0.05) is 36.4 Å². The second kappa shape index (κ2) is 6.89. The lowest BCUT2D eigenvalue weighted by molar-refractivity contribution is 0.0927. The minimum Gasteiger partial charge on any atom is -0.344 e. The van der Waals surface area contributed by atoms with Gasteiger partial charge in [0.15, 0.2) is 0 Å². The van der Waals surface area contributed by atoms with Crippen LogP contribution in [0, 0.1) is 0 Å². The zero-order valence-electron chi connectivity index (χ0n) is 15.0. The van der Waals surface area contributed by atoms with E-state index in [1.807, 2.05) is 54.2 Å². The van der Waals surface area contributed by atoms with E-state index in [-0.39, 0.29) is 11.9 Å². The minimum absolute atomic E-state index is 0.0510. The number of para-hydroxylation sites is 1. The average molecular weight is 375 g/mol. The van der Waals surface area contributed by atoms with Crippen molar-refractivity contribution in [3.8, 4) is 5.69 Å². The van der Waals surface area contributed by atoms with Gasteiger partial charge in [-0.3, -0.25) is 4.79 Å². The lowest BCUT2D eigenvalue weighted by atomic mass is 10.0. The average Bonchev–Trinajstić information content (AvgIpc) is 3.47. The number of carbonyl (C=O) groups is 1. The van der Waals surface area contributed by atoms with Crippen molar-refractivity contribution in [2.45, 2.75) is 36.1 Å². The molecule has 5 rings (SSSR count). The van der Waals surface area contributed by atoms with Crippen molar-refractivity contribution in [1.29, 1.82) is 0 Å². The third kappa shape index (κ3) is 3.28. The summed E-state index contributed by atoms with van der Waals surface area (Å²) in [6.45, 7) is 0. The maximum Gasteiger partial charge on any atom is 0.270 e. The molecule has 1 amide bonds. The maximum absolute atomic E-state index is 13.2. The molecule has 1 aliphatic heterocycles. The fraction of sp³-hybridized carbons (Fsp3) is 0.273. The van der Waals surface area contributed by atoms with Crippen LogP contribution in [-0.4, -0.2) is 21.4 Å². The summed E-state index contributed by atoms with van der Waals surface area (Å²) < 4.78 is 1.80. The number of nitrogens with one attached hydrogen (secondary N) is 1. The highest BCUT2D eigenvalue weighted by atomic mass is 32.2. The molecule has 4 nitrogen and oxygen atoms in total. The van der Waals surface area contributed by atoms with Crippen molar-refractivity contribution < 1.29 is 4.79 Å². The standard InChI is InChI=1S/C22H21N3OS/c26-22(23-18-12-13-27-21-9-5-4-8-17(18)21)20-14-19(15-10-11-15)24-25(20)16-6-2-1-3-7-16/h1-9,14-15,18H,10-13H2,(H,23,26). The van der Waals surface area contributed by atoms with E-state index in [1.165, 1.54) is 23.3 Å². The lowest BCUT2D eigenvalue weighted by Crippen LogP contribution is -2.32. The molecule has 2 heterocycles. The number of benzene rings is 2. The third-order valence-electron chi connectivity index (χ3n) is 5.22. The fourth-order valence-electron chi connectivity index (χ4n) is 3.63. The predicted molar refractivity (Wildman–Crippen MR) is 108 cm³/mol. The number of fused-ring (bicyclic) bond motifs is 1. The molecule has 1 aliphatic carbocycles. The number of amides is 1. The SMILES string of the molecule is O=C(NC1CCSc2ccccc21)c1cc(C2CC2)nn1-c1ccccc1. The highest BCUT2D eigenvalue weighted by Crippen LogP contribution is 2.40. The van der Waals surface area contributed by atoms with Crippen molar-refractivity contribution >= 4 is 17.7 Å². The van der Waals surface area contributed by atoms with Crippen molar-refractivity contribution in [2.24, 2.45) is 0 Å². The first-order valence-corrected chi connectivity index (χ1v) is 10.5. The van der Waals surface area contributed by atoms with Gasteiger partial charge in [-0.2, -0.15) is 5.10 Å². The first-order chi connectivity index (χ1) is 13.3. The van der Waals surface area contributed by atoms with Crippen LogP contribution in [0.3, 0.4) is 0 Å². The molecule has 1 aromatic heterocycles.